The first-order valence-electron chi connectivity index (χ1n) is 8.87. The van der Waals surface area contributed by atoms with Crippen LogP contribution in [0.5, 0.6) is 0 Å². The van der Waals surface area contributed by atoms with E-state index in [9.17, 15) is 9.90 Å². The van der Waals surface area contributed by atoms with Crippen LogP contribution in [0.2, 0.25) is 0 Å². The average Bonchev–Trinajstić information content (AvgIpc) is 3.27. The molecule has 1 fully saturated rings. The molecule has 0 aliphatic carbocycles. The van der Waals surface area contributed by atoms with Crippen LogP contribution in [0, 0.1) is 0 Å². The lowest BCUT2D eigenvalue weighted by Crippen LogP contribution is -2.42. The fourth-order valence-corrected chi connectivity index (χ4v) is 3.54. The molecule has 1 aliphatic heterocycles. The Morgan fingerprint density at radius 3 is 2.84 bits per heavy atom. The van der Waals surface area contributed by atoms with Gasteiger partial charge >= 0.3 is 0 Å². The van der Waals surface area contributed by atoms with E-state index in [0.717, 1.165) is 25.9 Å². The van der Waals surface area contributed by atoms with Crippen molar-refractivity contribution in [2.24, 2.45) is 0 Å². The van der Waals surface area contributed by atoms with E-state index in [1.807, 2.05) is 35.0 Å². The van der Waals surface area contributed by atoms with Crippen molar-refractivity contribution in [3.8, 4) is 0 Å². The number of nitrogens with zero attached hydrogens (tertiary/aromatic N) is 2. The van der Waals surface area contributed by atoms with Gasteiger partial charge in [0.15, 0.2) is 0 Å². The van der Waals surface area contributed by atoms with Gasteiger partial charge in [-0.3, -0.25) is 9.69 Å². The Morgan fingerprint density at radius 1 is 1.32 bits per heavy atom. The molecule has 134 valence electrons. The van der Waals surface area contributed by atoms with Gasteiger partial charge in [-0.2, -0.15) is 0 Å². The summed E-state index contributed by atoms with van der Waals surface area (Å²) in [5.74, 6) is 0.702. The van der Waals surface area contributed by atoms with Crippen molar-refractivity contribution < 1.29 is 14.3 Å². The molecule has 1 aromatic carbocycles. The molecule has 0 spiro atoms. The second-order valence-electron chi connectivity index (χ2n) is 6.81. The number of furan rings is 1. The lowest BCUT2D eigenvalue weighted by atomic mass is 10.1. The molecule has 25 heavy (non-hydrogen) atoms. The van der Waals surface area contributed by atoms with Gasteiger partial charge in [-0.05, 0) is 37.6 Å². The van der Waals surface area contributed by atoms with Gasteiger partial charge in [0.25, 0.3) is 0 Å². The van der Waals surface area contributed by atoms with Gasteiger partial charge < -0.3 is 14.4 Å². The van der Waals surface area contributed by atoms with Gasteiger partial charge in [0.2, 0.25) is 5.91 Å². The number of benzene rings is 1. The molecule has 1 aromatic heterocycles. The number of likely N-dealkylation sites (N-methyl/N-ethyl adjacent to an activating group) is 1. The van der Waals surface area contributed by atoms with Gasteiger partial charge in [0, 0.05) is 25.6 Å². The zero-order valence-electron chi connectivity index (χ0n) is 14.7. The first-order chi connectivity index (χ1) is 12.1. The topological polar surface area (TPSA) is 56.9 Å². The SMILES string of the molecule is CN(CC(=O)N1CCCC1CC(O)c1ccco1)Cc1ccccc1. The third-order valence-electron chi connectivity index (χ3n) is 4.76. The highest BCUT2D eigenvalue weighted by Gasteiger charge is 2.31. The van der Waals surface area contributed by atoms with E-state index in [1.54, 1.807) is 18.4 Å². The fourth-order valence-electron chi connectivity index (χ4n) is 3.54. The van der Waals surface area contributed by atoms with E-state index in [1.165, 1.54) is 5.56 Å². The Labute approximate surface area is 148 Å². The van der Waals surface area contributed by atoms with Gasteiger partial charge in [0.1, 0.15) is 11.9 Å². The summed E-state index contributed by atoms with van der Waals surface area (Å²) >= 11 is 0. The van der Waals surface area contributed by atoms with Gasteiger partial charge in [-0.25, -0.2) is 0 Å². The maximum atomic E-state index is 12.7. The summed E-state index contributed by atoms with van der Waals surface area (Å²) in [6.07, 6.45) is 3.36. The normalized spacial score (nSPS) is 18.7. The standard InChI is InChI=1S/C20H26N2O3/c1-21(14-16-7-3-2-4-8-16)15-20(24)22-11-5-9-17(22)13-18(23)19-10-6-12-25-19/h2-4,6-8,10,12,17-18,23H,5,9,11,13-15H2,1H3. The molecule has 0 bridgehead atoms. The van der Waals surface area contributed by atoms with Crippen LogP contribution < -0.4 is 0 Å². The van der Waals surface area contributed by atoms with Crippen LogP contribution in [0.25, 0.3) is 0 Å². The molecule has 0 radical (unpaired) electrons. The molecule has 0 saturated carbocycles. The molecule has 1 aliphatic rings. The summed E-state index contributed by atoms with van der Waals surface area (Å²) in [6.45, 7) is 1.91. The summed E-state index contributed by atoms with van der Waals surface area (Å²) in [6, 6.07) is 13.8. The maximum Gasteiger partial charge on any atom is 0.236 e. The van der Waals surface area contributed by atoms with Crippen LogP contribution in [0.1, 0.15) is 36.7 Å². The lowest BCUT2D eigenvalue weighted by Gasteiger charge is -2.28. The highest BCUT2D eigenvalue weighted by atomic mass is 16.4. The molecule has 2 atom stereocenters. The Bertz CT molecular complexity index is 657. The molecule has 5 heteroatoms. The van der Waals surface area contributed by atoms with Crippen LogP contribution >= 0.6 is 0 Å². The quantitative estimate of drug-likeness (QED) is 0.841. The lowest BCUT2D eigenvalue weighted by molar-refractivity contribution is -0.133. The van der Waals surface area contributed by atoms with Crippen molar-refractivity contribution in [2.45, 2.75) is 38.0 Å². The van der Waals surface area contributed by atoms with Gasteiger partial charge in [-0.1, -0.05) is 30.3 Å². The van der Waals surface area contributed by atoms with Crippen molar-refractivity contribution in [3.05, 3.63) is 60.1 Å². The molecule has 2 unspecified atom stereocenters. The van der Waals surface area contributed by atoms with Crippen molar-refractivity contribution in [2.75, 3.05) is 20.1 Å². The van der Waals surface area contributed by atoms with Crippen molar-refractivity contribution >= 4 is 5.91 Å². The maximum absolute atomic E-state index is 12.7. The Kier molecular flexibility index (Phi) is 5.89. The first kappa shape index (κ1) is 17.7. The Balaban J connectivity index is 1.53. The third kappa shape index (κ3) is 4.71. The molecule has 2 aromatic rings. The molecular weight excluding hydrogens is 316 g/mol. The molecule has 1 amide bonds. The number of amides is 1. The summed E-state index contributed by atoms with van der Waals surface area (Å²) in [4.78, 5) is 16.7. The fraction of sp³-hybridized carbons (Fsp3) is 0.450. The smallest absolute Gasteiger partial charge is 0.236 e. The third-order valence-corrected chi connectivity index (χ3v) is 4.76. The van der Waals surface area contributed by atoms with Crippen molar-refractivity contribution in [3.63, 3.8) is 0 Å². The number of aliphatic hydroxyl groups is 1. The highest BCUT2D eigenvalue weighted by Crippen LogP contribution is 2.27. The van der Waals surface area contributed by atoms with E-state index in [2.05, 4.69) is 12.1 Å². The minimum absolute atomic E-state index is 0.0812. The average molecular weight is 342 g/mol. The van der Waals surface area contributed by atoms with E-state index in [-0.39, 0.29) is 11.9 Å². The Morgan fingerprint density at radius 2 is 2.12 bits per heavy atom. The monoisotopic (exact) mass is 342 g/mol. The van der Waals surface area contributed by atoms with E-state index in [0.29, 0.717) is 18.7 Å². The highest BCUT2D eigenvalue weighted by molar-refractivity contribution is 5.78. The molecule has 1 N–H and O–H groups in total. The van der Waals surface area contributed by atoms with Crippen LogP contribution in [0.4, 0.5) is 0 Å². The summed E-state index contributed by atoms with van der Waals surface area (Å²) in [7, 11) is 1.97. The number of aliphatic hydroxyl groups excluding tert-OH is 1. The summed E-state index contributed by atoms with van der Waals surface area (Å²) < 4.78 is 5.27. The Hall–Kier alpha value is -2.11. The molecule has 1 saturated heterocycles. The summed E-state index contributed by atoms with van der Waals surface area (Å²) in [5.41, 5.74) is 1.20. The van der Waals surface area contributed by atoms with Crippen molar-refractivity contribution in [1.29, 1.82) is 0 Å². The zero-order chi connectivity index (χ0) is 17.6. The number of carbonyl (C=O) groups excluding carboxylic acids is 1. The second-order valence-corrected chi connectivity index (χ2v) is 6.81. The summed E-state index contributed by atoms with van der Waals surface area (Å²) in [5, 5.41) is 10.3. The zero-order valence-corrected chi connectivity index (χ0v) is 14.7. The first-order valence-corrected chi connectivity index (χ1v) is 8.87. The number of hydrogen-bond acceptors (Lipinski definition) is 4. The number of likely N-dealkylation sites (tertiary alicyclic amines) is 1. The van der Waals surface area contributed by atoms with Crippen LogP contribution in [0.15, 0.2) is 53.1 Å². The molecule has 2 heterocycles. The molecular formula is C20H26N2O3. The predicted molar refractivity (Wildman–Crippen MR) is 95.8 cm³/mol. The van der Waals surface area contributed by atoms with E-state index < -0.39 is 6.10 Å². The van der Waals surface area contributed by atoms with Gasteiger partial charge in [0.05, 0.1) is 12.8 Å². The molecule has 3 rings (SSSR count). The number of carbonyl (C=O) groups is 1. The second kappa shape index (κ2) is 8.32. The van der Waals surface area contributed by atoms with Gasteiger partial charge in [-0.15, -0.1) is 0 Å². The van der Waals surface area contributed by atoms with E-state index >= 15 is 0 Å². The van der Waals surface area contributed by atoms with Crippen LogP contribution in [0.3, 0.4) is 0 Å². The van der Waals surface area contributed by atoms with Crippen LogP contribution in [-0.2, 0) is 11.3 Å². The minimum Gasteiger partial charge on any atom is -0.467 e. The largest absolute Gasteiger partial charge is 0.467 e. The van der Waals surface area contributed by atoms with Crippen molar-refractivity contribution in [1.82, 2.24) is 9.80 Å². The van der Waals surface area contributed by atoms with Crippen LogP contribution in [-0.4, -0.2) is 47.0 Å². The number of hydrogen-bond donors (Lipinski definition) is 1. The van der Waals surface area contributed by atoms with E-state index in [4.69, 9.17) is 4.42 Å². The number of rotatable bonds is 7. The molecule has 5 nitrogen and oxygen atoms in total. The predicted octanol–water partition coefficient (Wildman–Crippen LogP) is 2.83. The minimum atomic E-state index is -0.657.